The van der Waals surface area contributed by atoms with E-state index in [-0.39, 0.29) is 5.41 Å². The third-order valence-corrected chi connectivity index (χ3v) is 2.40. The van der Waals surface area contributed by atoms with Crippen LogP contribution in [-0.2, 0) is 4.74 Å². The van der Waals surface area contributed by atoms with Gasteiger partial charge in [-0.25, -0.2) is 4.39 Å². The van der Waals surface area contributed by atoms with Gasteiger partial charge in [-0.1, -0.05) is 13.8 Å². The number of hydrogen-bond donors (Lipinski definition) is 0. The molecule has 0 aliphatic carbocycles. The Hall–Kier alpha value is -0.150. The molecule has 1 aliphatic heterocycles. The molecule has 0 N–H and O–H groups in total. The number of alkyl halides is 1. The van der Waals surface area contributed by atoms with Crippen LogP contribution in [0.3, 0.4) is 0 Å². The van der Waals surface area contributed by atoms with Crippen LogP contribution in [0.5, 0.6) is 0 Å². The summed E-state index contributed by atoms with van der Waals surface area (Å²) in [5.41, 5.74) is 0.138. The highest BCUT2D eigenvalue weighted by Crippen LogP contribution is 2.21. The van der Waals surface area contributed by atoms with E-state index < -0.39 is 6.17 Å². The van der Waals surface area contributed by atoms with Crippen LogP contribution in [0, 0.1) is 5.41 Å². The first-order valence-corrected chi connectivity index (χ1v) is 4.89. The van der Waals surface area contributed by atoms with Crippen LogP contribution in [0.1, 0.15) is 20.3 Å². The predicted octanol–water partition coefficient (Wildman–Crippen LogP) is 1.70. The Morgan fingerprint density at radius 1 is 1.54 bits per heavy atom. The summed E-state index contributed by atoms with van der Waals surface area (Å²) < 4.78 is 18.0. The molecule has 0 bridgehead atoms. The fraction of sp³-hybridized carbons (Fsp3) is 1.00. The first-order chi connectivity index (χ1) is 6.03. The number of methoxy groups -OCH3 is 1. The smallest absolute Gasteiger partial charge is 0.114 e. The summed E-state index contributed by atoms with van der Waals surface area (Å²) in [5.74, 6) is 0. The lowest BCUT2D eigenvalue weighted by Gasteiger charge is -2.29. The maximum absolute atomic E-state index is 12.9. The minimum atomic E-state index is -0.613. The van der Waals surface area contributed by atoms with Gasteiger partial charge in [-0.15, -0.1) is 0 Å². The number of halogens is 1. The second-order valence-electron chi connectivity index (χ2n) is 4.72. The summed E-state index contributed by atoms with van der Waals surface area (Å²) in [5, 5.41) is 0. The van der Waals surface area contributed by atoms with Crippen molar-refractivity contribution in [2.24, 2.45) is 5.41 Å². The average molecular weight is 189 g/mol. The molecular formula is C10H20FNO. The fourth-order valence-corrected chi connectivity index (χ4v) is 1.97. The third-order valence-electron chi connectivity index (χ3n) is 2.40. The Morgan fingerprint density at radius 3 is 2.69 bits per heavy atom. The van der Waals surface area contributed by atoms with Gasteiger partial charge < -0.3 is 4.74 Å². The van der Waals surface area contributed by atoms with Crippen LogP contribution in [0.2, 0.25) is 0 Å². The maximum atomic E-state index is 12.9. The molecule has 0 aromatic carbocycles. The van der Waals surface area contributed by atoms with E-state index in [1.165, 1.54) is 0 Å². The van der Waals surface area contributed by atoms with Gasteiger partial charge in [0.15, 0.2) is 0 Å². The van der Waals surface area contributed by atoms with Gasteiger partial charge in [-0.2, -0.15) is 0 Å². The molecule has 1 aliphatic rings. The second-order valence-corrected chi connectivity index (χ2v) is 4.72. The van der Waals surface area contributed by atoms with Crippen molar-refractivity contribution >= 4 is 0 Å². The predicted molar refractivity (Wildman–Crippen MR) is 51.6 cm³/mol. The van der Waals surface area contributed by atoms with Crippen molar-refractivity contribution in [3.63, 3.8) is 0 Å². The quantitative estimate of drug-likeness (QED) is 0.667. The van der Waals surface area contributed by atoms with Gasteiger partial charge in [0.25, 0.3) is 0 Å². The molecule has 1 fully saturated rings. The molecule has 2 nitrogen and oxygen atoms in total. The van der Waals surface area contributed by atoms with Crippen LogP contribution in [0.15, 0.2) is 0 Å². The van der Waals surface area contributed by atoms with Crippen LogP contribution in [-0.4, -0.2) is 44.4 Å². The first-order valence-electron chi connectivity index (χ1n) is 4.89. The lowest BCUT2D eigenvalue weighted by atomic mass is 9.94. The monoisotopic (exact) mass is 189 g/mol. The SMILES string of the molecule is COCC(C)(C)CN1CCC(F)C1. The first kappa shape index (κ1) is 10.9. The van der Waals surface area contributed by atoms with Crippen LogP contribution in [0.4, 0.5) is 4.39 Å². The number of ether oxygens (including phenoxy) is 1. The Balaban J connectivity index is 2.30. The van der Waals surface area contributed by atoms with Gasteiger partial charge >= 0.3 is 0 Å². The highest BCUT2D eigenvalue weighted by Gasteiger charge is 2.27. The molecule has 0 saturated carbocycles. The molecule has 1 saturated heterocycles. The second kappa shape index (κ2) is 4.38. The summed E-state index contributed by atoms with van der Waals surface area (Å²) in [6, 6.07) is 0. The van der Waals surface area contributed by atoms with E-state index in [0.717, 1.165) is 19.7 Å². The zero-order valence-corrected chi connectivity index (χ0v) is 8.85. The van der Waals surface area contributed by atoms with E-state index in [0.29, 0.717) is 13.0 Å². The molecule has 0 radical (unpaired) electrons. The van der Waals surface area contributed by atoms with Gasteiger partial charge in [0.2, 0.25) is 0 Å². The summed E-state index contributed by atoms with van der Waals surface area (Å²) in [6.07, 6.45) is 0.0848. The molecule has 1 atom stereocenters. The zero-order chi connectivity index (χ0) is 9.90. The van der Waals surface area contributed by atoms with Crippen LogP contribution < -0.4 is 0 Å². The van der Waals surface area contributed by atoms with Crippen molar-refractivity contribution in [3.8, 4) is 0 Å². The Morgan fingerprint density at radius 2 is 2.23 bits per heavy atom. The van der Waals surface area contributed by atoms with E-state index in [1.807, 2.05) is 0 Å². The van der Waals surface area contributed by atoms with E-state index in [2.05, 4.69) is 18.7 Å². The number of hydrogen-bond acceptors (Lipinski definition) is 2. The van der Waals surface area contributed by atoms with Gasteiger partial charge in [0.1, 0.15) is 6.17 Å². The topological polar surface area (TPSA) is 12.5 Å². The lowest BCUT2D eigenvalue weighted by Crippen LogP contribution is -2.35. The molecule has 0 amide bonds. The number of nitrogens with zero attached hydrogens (tertiary/aromatic N) is 1. The minimum absolute atomic E-state index is 0.138. The van der Waals surface area contributed by atoms with E-state index in [9.17, 15) is 4.39 Å². The van der Waals surface area contributed by atoms with Crippen molar-refractivity contribution in [2.75, 3.05) is 33.4 Å². The van der Waals surface area contributed by atoms with E-state index in [1.54, 1.807) is 7.11 Å². The normalized spacial score (nSPS) is 25.4. The molecule has 3 heteroatoms. The highest BCUT2D eigenvalue weighted by atomic mass is 19.1. The largest absolute Gasteiger partial charge is 0.384 e. The van der Waals surface area contributed by atoms with Crippen molar-refractivity contribution < 1.29 is 9.13 Å². The Labute approximate surface area is 80.1 Å². The average Bonchev–Trinajstić information content (AvgIpc) is 2.34. The van der Waals surface area contributed by atoms with E-state index >= 15 is 0 Å². The summed E-state index contributed by atoms with van der Waals surface area (Å²) >= 11 is 0. The fourth-order valence-electron chi connectivity index (χ4n) is 1.97. The molecule has 0 aromatic rings. The summed E-state index contributed by atoms with van der Waals surface area (Å²) in [7, 11) is 1.71. The standard InChI is InChI=1S/C10H20FNO/c1-10(2,8-13-3)7-12-5-4-9(11)6-12/h9H,4-8H2,1-3H3. The van der Waals surface area contributed by atoms with Crippen LogP contribution in [0.25, 0.3) is 0 Å². The van der Waals surface area contributed by atoms with Crippen molar-refractivity contribution in [2.45, 2.75) is 26.4 Å². The van der Waals surface area contributed by atoms with Crippen molar-refractivity contribution in [1.82, 2.24) is 4.90 Å². The lowest BCUT2D eigenvalue weighted by molar-refractivity contribution is 0.0751. The molecular weight excluding hydrogens is 169 g/mol. The number of rotatable bonds is 4. The number of likely N-dealkylation sites (tertiary alicyclic amines) is 1. The Bertz CT molecular complexity index is 161. The maximum Gasteiger partial charge on any atom is 0.114 e. The molecule has 0 spiro atoms. The Kier molecular flexibility index (Phi) is 3.68. The van der Waals surface area contributed by atoms with Crippen LogP contribution >= 0.6 is 0 Å². The molecule has 13 heavy (non-hydrogen) atoms. The molecule has 1 heterocycles. The van der Waals surface area contributed by atoms with E-state index in [4.69, 9.17) is 4.74 Å². The third kappa shape index (κ3) is 3.61. The molecule has 78 valence electrons. The van der Waals surface area contributed by atoms with Gasteiger partial charge in [0, 0.05) is 32.2 Å². The van der Waals surface area contributed by atoms with Gasteiger partial charge in [0.05, 0.1) is 6.61 Å². The van der Waals surface area contributed by atoms with Crippen molar-refractivity contribution in [3.05, 3.63) is 0 Å². The van der Waals surface area contributed by atoms with Gasteiger partial charge in [-0.3, -0.25) is 4.90 Å². The van der Waals surface area contributed by atoms with Gasteiger partial charge in [-0.05, 0) is 6.42 Å². The molecule has 1 unspecified atom stereocenters. The van der Waals surface area contributed by atoms with Crippen molar-refractivity contribution in [1.29, 1.82) is 0 Å². The minimum Gasteiger partial charge on any atom is -0.384 e. The molecule has 0 aromatic heterocycles. The zero-order valence-electron chi connectivity index (χ0n) is 8.85. The highest BCUT2D eigenvalue weighted by molar-refractivity contribution is 4.80. The molecule has 1 rings (SSSR count). The summed E-state index contributed by atoms with van der Waals surface area (Å²) in [4.78, 5) is 2.18. The summed E-state index contributed by atoms with van der Waals surface area (Å²) in [6.45, 7) is 7.48.